The van der Waals surface area contributed by atoms with E-state index in [1.807, 2.05) is 60.7 Å². The Morgan fingerprint density at radius 3 is 2.43 bits per heavy atom. The van der Waals surface area contributed by atoms with Crippen LogP contribution in [0.3, 0.4) is 0 Å². The molecule has 35 heavy (non-hydrogen) atoms. The third kappa shape index (κ3) is 6.70. The van der Waals surface area contributed by atoms with Crippen LogP contribution in [0.25, 0.3) is 0 Å². The van der Waals surface area contributed by atoms with E-state index in [0.29, 0.717) is 13.0 Å². The van der Waals surface area contributed by atoms with Crippen molar-refractivity contribution in [1.29, 1.82) is 0 Å². The van der Waals surface area contributed by atoms with Gasteiger partial charge in [-0.25, -0.2) is 9.59 Å². The average Bonchev–Trinajstić information content (AvgIpc) is 3.27. The molecular formula is C27H33N3O5. The van der Waals surface area contributed by atoms with Crippen molar-refractivity contribution in [2.45, 2.75) is 44.6 Å². The summed E-state index contributed by atoms with van der Waals surface area (Å²) >= 11 is 0. The Morgan fingerprint density at radius 2 is 1.77 bits per heavy atom. The number of hydrogen-bond donors (Lipinski definition) is 3. The van der Waals surface area contributed by atoms with Gasteiger partial charge in [0.2, 0.25) is 5.91 Å². The maximum atomic E-state index is 13.5. The third-order valence-corrected chi connectivity index (χ3v) is 6.15. The molecule has 4 atom stereocenters. The molecule has 1 saturated heterocycles. The predicted octanol–water partition coefficient (Wildman–Crippen LogP) is 3.26. The maximum Gasteiger partial charge on any atom is 0.408 e. The highest BCUT2D eigenvalue weighted by Gasteiger charge is 2.52. The number of alkyl carbamates (subject to hydrolysis) is 1. The summed E-state index contributed by atoms with van der Waals surface area (Å²) < 4.78 is 11.0. The van der Waals surface area contributed by atoms with Crippen LogP contribution in [0.15, 0.2) is 73.3 Å². The molecule has 8 heteroatoms. The van der Waals surface area contributed by atoms with Crippen molar-refractivity contribution in [2.75, 3.05) is 13.1 Å². The third-order valence-electron chi connectivity index (χ3n) is 6.15. The molecule has 3 rings (SSSR count). The number of rotatable bonds is 10. The minimum absolute atomic E-state index is 0.0833. The van der Waals surface area contributed by atoms with E-state index >= 15 is 0 Å². The summed E-state index contributed by atoms with van der Waals surface area (Å²) in [4.78, 5) is 38.8. The second-order valence-corrected chi connectivity index (χ2v) is 8.70. The Bertz CT molecular complexity index is 1010. The highest BCUT2D eigenvalue weighted by molar-refractivity contribution is 5.92. The van der Waals surface area contributed by atoms with Gasteiger partial charge in [-0.05, 0) is 31.4 Å². The Morgan fingerprint density at radius 1 is 1.11 bits per heavy atom. The van der Waals surface area contributed by atoms with E-state index in [-0.39, 0.29) is 19.1 Å². The highest BCUT2D eigenvalue weighted by atomic mass is 16.6. The smallest absolute Gasteiger partial charge is 0.408 e. The zero-order valence-corrected chi connectivity index (χ0v) is 20.2. The van der Waals surface area contributed by atoms with Crippen molar-refractivity contribution in [1.82, 2.24) is 16.0 Å². The molecule has 0 unspecified atom stereocenters. The summed E-state index contributed by atoms with van der Waals surface area (Å²) in [5.41, 5.74) is 0.390. The van der Waals surface area contributed by atoms with Crippen molar-refractivity contribution in [3.8, 4) is 0 Å². The summed E-state index contributed by atoms with van der Waals surface area (Å²) in [7, 11) is 0. The fraction of sp³-hybridized carbons (Fsp3) is 0.370. The summed E-state index contributed by atoms with van der Waals surface area (Å²) in [6.07, 6.45) is 1.00. The number of esters is 1. The van der Waals surface area contributed by atoms with Crippen molar-refractivity contribution in [3.63, 3.8) is 0 Å². The number of allylic oxidation sites excluding steroid dienone is 1. The van der Waals surface area contributed by atoms with Crippen molar-refractivity contribution in [2.24, 2.45) is 5.92 Å². The Balaban J connectivity index is 1.66. The largest absolute Gasteiger partial charge is 0.456 e. The lowest BCUT2D eigenvalue weighted by atomic mass is 9.84. The minimum Gasteiger partial charge on any atom is -0.456 e. The standard InChI is InChI=1S/C27H33N3O5/c1-4-11-23-16-28-18-27(23,25(32)35-20(3)22-14-9-6-10-15-22)30-24(31)19(2)29-26(33)34-17-21-12-7-5-8-13-21/h4-10,12-15,19-20,23,28H,1,11,16-18H2,2-3H3,(H,29,33)(H,30,31)/t19-,20+,23-,27-/m0/s1. The summed E-state index contributed by atoms with van der Waals surface area (Å²) in [5, 5.41) is 8.59. The lowest BCUT2D eigenvalue weighted by molar-refractivity contribution is -0.160. The molecule has 0 radical (unpaired) electrons. The predicted molar refractivity (Wildman–Crippen MR) is 132 cm³/mol. The summed E-state index contributed by atoms with van der Waals surface area (Å²) in [5.74, 6) is -1.29. The molecule has 2 aromatic carbocycles. The molecule has 2 amide bonds. The quantitative estimate of drug-likeness (QED) is 0.357. The van der Waals surface area contributed by atoms with Gasteiger partial charge >= 0.3 is 12.1 Å². The number of benzene rings is 2. The molecule has 0 spiro atoms. The van der Waals surface area contributed by atoms with Gasteiger partial charge in [0, 0.05) is 19.0 Å². The van der Waals surface area contributed by atoms with E-state index in [4.69, 9.17) is 9.47 Å². The van der Waals surface area contributed by atoms with Crippen LogP contribution in [0, 0.1) is 5.92 Å². The van der Waals surface area contributed by atoms with Gasteiger partial charge in [-0.2, -0.15) is 0 Å². The van der Waals surface area contributed by atoms with E-state index in [0.717, 1.165) is 11.1 Å². The van der Waals surface area contributed by atoms with Crippen LogP contribution in [-0.4, -0.2) is 42.6 Å². The van der Waals surface area contributed by atoms with Gasteiger partial charge in [0.05, 0.1) is 0 Å². The maximum absolute atomic E-state index is 13.5. The first-order chi connectivity index (χ1) is 16.9. The van der Waals surface area contributed by atoms with E-state index in [2.05, 4.69) is 22.5 Å². The monoisotopic (exact) mass is 479 g/mol. The molecule has 8 nitrogen and oxygen atoms in total. The van der Waals surface area contributed by atoms with Gasteiger partial charge < -0.3 is 25.4 Å². The number of hydrogen-bond acceptors (Lipinski definition) is 6. The second-order valence-electron chi connectivity index (χ2n) is 8.70. The number of ether oxygens (including phenoxy) is 2. The van der Waals surface area contributed by atoms with Gasteiger partial charge in [0.25, 0.3) is 0 Å². The van der Waals surface area contributed by atoms with Gasteiger partial charge in [-0.15, -0.1) is 6.58 Å². The first-order valence-electron chi connectivity index (χ1n) is 11.7. The van der Waals surface area contributed by atoms with Crippen molar-refractivity contribution >= 4 is 18.0 Å². The van der Waals surface area contributed by atoms with E-state index in [1.165, 1.54) is 6.92 Å². The highest BCUT2D eigenvalue weighted by Crippen LogP contribution is 2.30. The fourth-order valence-electron chi connectivity index (χ4n) is 4.08. The molecule has 2 aromatic rings. The van der Waals surface area contributed by atoms with Crippen LogP contribution in [0.5, 0.6) is 0 Å². The number of amides is 2. The van der Waals surface area contributed by atoms with Crippen LogP contribution in [0.4, 0.5) is 4.79 Å². The van der Waals surface area contributed by atoms with Gasteiger partial charge in [0.1, 0.15) is 18.8 Å². The average molecular weight is 480 g/mol. The van der Waals surface area contributed by atoms with E-state index in [9.17, 15) is 14.4 Å². The molecule has 1 aliphatic rings. The molecule has 1 aliphatic heterocycles. The van der Waals surface area contributed by atoms with Crippen LogP contribution < -0.4 is 16.0 Å². The van der Waals surface area contributed by atoms with Gasteiger partial charge in [-0.1, -0.05) is 66.7 Å². The summed E-state index contributed by atoms with van der Waals surface area (Å²) in [6, 6.07) is 17.7. The van der Waals surface area contributed by atoms with E-state index < -0.39 is 35.7 Å². The summed E-state index contributed by atoms with van der Waals surface area (Å²) in [6.45, 7) is 7.93. The SMILES string of the molecule is C=CC[C@H]1CNC[C@@]1(NC(=O)[C@H](C)NC(=O)OCc1ccccc1)C(=O)O[C@H](C)c1ccccc1. The molecule has 1 fully saturated rings. The lowest BCUT2D eigenvalue weighted by Gasteiger charge is -2.35. The molecular weight excluding hydrogens is 446 g/mol. The van der Waals surface area contributed by atoms with Crippen LogP contribution in [0.2, 0.25) is 0 Å². The fourth-order valence-corrected chi connectivity index (χ4v) is 4.08. The molecule has 0 saturated carbocycles. The zero-order chi connectivity index (χ0) is 25.3. The van der Waals surface area contributed by atoms with Gasteiger partial charge in [-0.3, -0.25) is 4.79 Å². The Hall–Kier alpha value is -3.65. The molecule has 0 aromatic heterocycles. The lowest BCUT2D eigenvalue weighted by Crippen LogP contribution is -2.63. The normalized spacial score (nSPS) is 20.8. The van der Waals surface area contributed by atoms with E-state index in [1.54, 1.807) is 13.0 Å². The molecule has 3 N–H and O–H groups in total. The molecule has 0 bridgehead atoms. The van der Waals surface area contributed by atoms with Crippen LogP contribution >= 0.6 is 0 Å². The topological polar surface area (TPSA) is 106 Å². The molecule has 1 heterocycles. The Labute approximate surface area is 206 Å². The molecule has 186 valence electrons. The number of carbonyl (C=O) groups is 3. The minimum atomic E-state index is -1.29. The number of nitrogens with one attached hydrogen (secondary N) is 3. The van der Waals surface area contributed by atoms with Gasteiger partial charge in [0.15, 0.2) is 5.54 Å². The first kappa shape index (κ1) is 26.0. The second kappa shape index (κ2) is 12.2. The Kier molecular flexibility index (Phi) is 9.03. The van der Waals surface area contributed by atoms with Crippen LogP contribution in [-0.2, 0) is 25.7 Å². The molecule has 0 aliphatic carbocycles. The van der Waals surface area contributed by atoms with Crippen LogP contribution in [0.1, 0.15) is 37.5 Å². The number of carbonyl (C=O) groups excluding carboxylic acids is 3. The zero-order valence-electron chi connectivity index (χ0n) is 20.2. The first-order valence-corrected chi connectivity index (χ1v) is 11.7. The van der Waals surface area contributed by atoms with Crippen molar-refractivity contribution in [3.05, 3.63) is 84.4 Å². The van der Waals surface area contributed by atoms with Crippen molar-refractivity contribution < 1.29 is 23.9 Å².